The topological polar surface area (TPSA) is 49.3 Å². The summed E-state index contributed by atoms with van der Waals surface area (Å²) in [5.41, 5.74) is 1.13. The van der Waals surface area contributed by atoms with Crippen LogP contribution < -0.4 is 19.7 Å². The van der Waals surface area contributed by atoms with Crippen LogP contribution in [0.2, 0.25) is 0 Å². The second-order valence-electron chi connectivity index (χ2n) is 5.84. The van der Waals surface area contributed by atoms with Gasteiger partial charge in [-0.25, -0.2) is 0 Å². The molecule has 0 spiro atoms. The zero-order valence-corrected chi connectivity index (χ0v) is 17.5. The van der Waals surface area contributed by atoms with Gasteiger partial charge in [-0.05, 0) is 13.3 Å². The first-order chi connectivity index (χ1) is 11.1. The molecule has 1 aromatic carbocycles. The zero-order chi connectivity index (χ0) is 16.8. The lowest BCUT2D eigenvalue weighted by molar-refractivity contribution is 0.394. The van der Waals surface area contributed by atoms with Gasteiger partial charge in [0, 0.05) is 63.7 Å². The molecule has 1 aromatic rings. The van der Waals surface area contributed by atoms with E-state index in [0.29, 0.717) is 6.04 Å². The molecule has 1 saturated heterocycles. The number of anilines is 1. The standard InChI is InChI=1S/C17H28N4O2.HI/c1-6-18-17(20(2)3)19-13-7-8-21(12-13)14-9-15(22-4)11-16(10-14)23-5;/h9-11,13H,6-8,12H2,1-5H3,(H,18,19);1H. The summed E-state index contributed by atoms with van der Waals surface area (Å²) in [7, 11) is 7.39. The average Bonchev–Trinajstić information content (AvgIpc) is 3.02. The van der Waals surface area contributed by atoms with Gasteiger partial charge in [-0.1, -0.05) is 0 Å². The molecule has 1 unspecified atom stereocenters. The number of benzene rings is 1. The van der Waals surface area contributed by atoms with Crippen LogP contribution >= 0.6 is 24.0 Å². The summed E-state index contributed by atoms with van der Waals surface area (Å²) in [5.74, 6) is 2.58. The molecule has 0 aromatic heterocycles. The highest BCUT2D eigenvalue weighted by molar-refractivity contribution is 14.0. The van der Waals surface area contributed by atoms with Gasteiger partial charge in [-0.2, -0.15) is 0 Å². The van der Waals surface area contributed by atoms with Crippen LogP contribution in [0.1, 0.15) is 13.3 Å². The molecule has 1 atom stereocenters. The fourth-order valence-electron chi connectivity index (χ4n) is 2.74. The SMILES string of the molecule is CCN=C(NC1CCN(c2cc(OC)cc(OC)c2)C1)N(C)C.I. The minimum Gasteiger partial charge on any atom is -0.497 e. The van der Waals surface area contributed by atoms with E-state index in [1.54, 1.807) is 14.2 Å². The number of halogens is 1. The molecule has 6 nitrogen and oxygen atoms in total. The molecule has 0 radical (unpaired) electrons. The Kier molecular flexibility index (Phi) is 8.44. The number of hydrogen-bond donors (Lipinski definition) is 1. The molecule has 136 valence electrons. The summed E-state index contributed by atoms with van der Waals surface area (Å²) in [4.78, 5) is 8.89. The highest BCUT2D eigenvalue weighted by atomic mass is 127. The molecule has 1 heterocycles. The zero-order valence-electron chi connectivity index (χ0n) is 15.2. The Morgan fingerprint density at radius 2 is 1.88 bits per heavy atom. The Labute approximate surface area is 162 Å². The Morgan fingerprint density at radius 1 is 1.25 bits per heavy atom. The molecule has 0 bridgehead atoms. The van der Waals surface area contributed by atoms with E-state index in [4.69, 9.17) is 9.47 Å². The van der Waals surface area contributed by atoms with Crippen molar-refractivity contribution in [2.45, 2.75) is 19.4 Å². The maximum absolute atomic E-state index is 5.36. The fraction of sp³-hybridized carbons (Fsp3) is 0.588. The van der Waals surface area contributed by atoms with Crippen LogP contribution in [0.5, 0.6) is 11.5 Å². The van der Waals surface area contributed by atoms with Gasteiger partial charge in [0.15, 0.2) is 5.96 Å². The van der Waals surface area contributed by atoms with Crippen molar-refractivity contribution in [2.75, 3.05) is 52.8 Å². The number of nitrogens with zero attached hydrogens (tertiary/aromatic N) is 3. The van der Waals surface area contributed by atoms with Crippen LogP contribution in [0, 0.1) is 0 Å². The minimum absolute atomic E-state index is 0. The Morgan fingerprint density at radius 3 is 2.38 bits per heavy atom. The van der Waals surface area contributed by atoms with Gasteiger partial charge in [-0.15, -0.1) is 24.0 Å². The molecule has 24 heavy (non-hydrogen) atoms. The quantitative estimate of drug-likeness (QED) is 0.426. The lowest BCUT2D eigenvalue weighted by Crippen LogP contribution is -2.44. The summed E-state index contributed by atoms with van der Waals surface area (Å²) >= 11 is 0. The Hall–Kier alpha value is -1.38. The predicted octanol–water partition coefficient (Wildman–Crippen LogP) is 2.43. The second kappa shape index (κ2) is 9.80. The normalized spacial score (nSPS) is 17.3. The minimum atomic E-state index is 0. The molecular weight excluding hydrogens is 419 g/mol. The first-order valence-corrected chi connectivity index (χ1v) is 8.03. The first kappa shape index (κ1) is 20.7. The summed E-state index contributed by atoms with van der Waals surface area (Å²) in [6.07, 6.45) is 1.08. The molecule has 0 saturated carbocycles. The van der Waals surface area contributed by atoms with Crippen LogP contribution in [0.3, 0.4) is 0 Å². The predicted molar refractivity (Wildman–Crippen MR) is 110 cm³/mol. The molecular formula is C17H29IN4O2. The van der Waals surface area contributed by atoms with Crippen LogP contribution in [0.15, 0.2) is 23.2 Å². The van der Waals surface area contributed by atoms with Gasteiger partial charge < -0.3 is 24.6 Å². The van der Waals surface area contributed by atoms with Crippen molar-refractivity contribution in [1.82, 2.24) is 10.2 Å². The Bertz CT molecular complexity index is 529. The largest absolute Gasteiger partial charge is 0.497 e. The van der Waals surface area contributed by atoms with E-state index in [2.05, 4.69) is 34.3 Å². The van der Waals surface area contributed by atoms with E-state index >= 15 is 0 Å². The van der Waals surface area contributed by atoms with Gasteiger partial charge in [0.1, 0.15) is 11.5 Å². The third-order valence-corrected chi connectivity index (χ3v) is 3.95. The number of aliphatic imine (C=N–C) groups is 1. The monoisotopic (exact) mass is 448 g/mol. The highest BCUT2D eigenvalue weighted by Crippen LogP contribution is 2.30. The van der Waals surface area contributed by atoms with Crippen molar-refractivity contribution >= 4 is 35.6 Å². The van der Waals surface area contributed by atoms with Gasteiger partial charge in [0.2, 0.25) is 0 Å². The summed E-state index contributed by atoms with van der Waals surface area (Å²) in [6.45, 7) is 4.77. The van der Waals surface area contributed by atoms with Gasteiger partial charge in [0.05, 0.1) is 14.2 Å². The van der Waals surface area contributed by atoms with E-state index in [9.17, 15) is 0 Å². The second-order valence-corrected chi connectivity index (χ2v) is 5.84. The third kappa shape index (κ3) is 5.32. The van der Waals surface area contributed by atoms with Crippen LogP contribution in [0.25, 0.3) is 0 Å². The maximum Gasteiger partial charge on any atom is 0.193 e. The van der Waals surface area contributed by atoms with Crippen molar-refractivity contribution in [1.29, 1.82) is 0 Å². The molecule has 2 rings (SSSR count). The number of rotatable bonds is 5. The van der Waals surface area contributed by atoms with Gasteiger partial charge in [0.25, 0.3) is 0 Å². The molecule has 7 heteroatoms. The lowest BCUT2D eigenvalue weighted by atomic mass is 10.2. The number of hydrogen-bond acceptors (Lipinski definition) is 4. The van der Waals surface area contributed by atoms with E-state index in [1.807, 2.05) is 25.1 Å². The van der Waals surface area contributed by atoms with Crippen molar-refractivity contribution in [3.63, 3.8) is 0 Å². The van der Waals surface area contributed by atoms with Crippen LogP contribution in [-0.2, 0) is 0 Å². The lowest BCUT2D eigenvalue weighted by Gasteiger charge is -2.23. The van der Waals surface area contributed by atoms with E-state index in [0.717, 1.165) is 49.2 Å². The summed E-state index contributed by atoms with van der Waals surface area (Å²) in [5, 5.41) is 3.55. The van der Waals surface area contributed by atoms with Crippen molar-refractivity contribution < 1.29 is 9.47 Å². The third-order valence-electron chi connectivity index (χ3n) is 3.95. The molecule has 1 fully saturated rings. The van der Waals surface area contributed by atoms with Gasteiger partial charge >= 0.3 is 0 Å². The van der Waals surface area contributed by atoms with Crippen LogP contribution in [-0.4, -0.2) is 64.9 Å². The van der Waals surface area contributed by atoms with E-state index in [1.165, 1.54) is 0 Å². The molecule has 0 aliphatic carbocycles. The number of ether oxygens (including phenoxy) is 2. The van der Waals surface area contributed by atoms with Gasteiger partial charge in [-0.3, -0.25) is 4.99 Å². The first-order valence-electron chi connectivity index (χ1n) is 8.03. The molecule has 1 N–H and O–H groups in total. The van der Waals surface area contributed by atoms with E-state index in [-0.39, 0.29) is 24.0 Å². The Balaban J connectivity index is 0.00000288. The number of guanidine groups is 1. The average molecular weight is 448 g/mol. The number of nitrogens with one attached hydrogen (secondary N) is 1. The number of methoxy groups -OCH3 is 2. The van der Waals surface area contributed by atoms with Crippen molar-refractivity contribution in [3.8, 4) is 11.5 Å². The molecule has 1 aliphatic rings. The summed E-state index contributed by atoms with van der Waals surface area (Å²) in [6, 6.07) is 6.39. The molecule has 0 amide bonds. The molecule has 1 aliphatic heterocycles. The van der Waals surface area contributed by atoms with E-state index < -0.39 is 0 Å². The maximum atomic E-state index is 5.36. The smallest absolute Gasteiger partial charge is 0.193 e. The fourth-order valence-corrected chi connectivity index (χ4v) is 2.74. The summed E-state index contributed by atoms with van der Waals surface area (Å²) < 4.78 is 10.7. The van der Waals surface area contributed by atoms with Crippen LogP contribution in [0.4, 0.5) is 5.69 Å². The highest BCUT2D eigenvalue weighted by Gasteiger charge is 2.24. The van der Waals surface area contributed by atoms with Crippen molar-refractivity contribution in [3.05, 3.63) is 18.2 Å². The van der Waals surface area contributed by atoms with Crippen molar-refractivity contribution in [2.24, 2.45) is 4.99 Å².